The molecule has 0 bridgehead atoms. The van der Waals surface area contributed by atoms with Crippen molar-refractivity contribution in [3.05, 3.63) is 4.91 Å². The number of nitrogens with two attached hydrogens (primary N) is 1. The van der Waals surface area contributed by atoms with Gasteiger partial charge in [-0.15, -0.1) is 4.91 Å². The monoisotopic (exact) mass is 114 g/mol. The Morgan fingerprint density at radius 1 is 1.38 bits per heavy atom. The lowest BCUT2D eigenvalue weighted by Crippen LogP contribution is -2.32. The molecule has 1 aliphatic carbocycles. The Balaban J connectivity index is 2.52. The van der Waals surface area contributed by atoms with E-state index in [1.807, 2.05) is 0 Å². The highest BCUT2D eigenvalue weighted by Gasteiger charge is 2.29. The molecule has 1 rings (SSSR count). The largest absolute Gasteiger partial charge is 0.304 e. The number of nitroso groups, excluding NO2 is 1. The highest BCUT2D eigenvalue weighted by Crippen LogP contribution is 2.27. The SMILES string of the molecule is NC1(N=O)CCCC1. The van der Waals surface area contributed by atoms with Crippen LogP contribution in [0.3, 0.4) is 0 Å². The molecule has 0 aliphatic heterocycles. The van der Waals surface area contributed by atoms with Crippen LogP contribution in [0.5, 0.6) is 0 Å². The first-order valence-corrected chi connectivity index (χ1v) is 2.90. The number of rotatable bonds is 1. The van der Waals surface area contributed by atoms with E-state index in [-0.39, 0.29) is 0 Å². The van der Waals surface area contributed by atoms with Gasteiger partial charge in [0.25, 0.3) is 0 Å². The van der Waals surface area contributed by atoms with Gasteiger partial charge in [0.1, 0.15) is 5.66 Å². The Bertz CT molecular complexity index is 96.6. The summed E-state index contributed by atoms with van der Waals surface area (Å²) in [5.74, 6) is 0. The second-order valence-electron chi connectivity index (χ2n) is 2.40. The summed E-state index contributed by atoms with van der Waals surface area (Å²) >= 11 is 0. The van der Waals surface area contributed by atoms with E-state index in [9.17, 15) is 4.91 Å². The molecule has 0 atom stereocenters. The van der Waals surface area contributed by atoms with E-state index in [4.69, 9.17) is 5.73 Å². The minimum atomic E-state index is -0.694. The van der Waals surface area contributed by atoms with Crippen molar-refractivity contribution in [1.82, 2.24) is 0 Å². The normalized spacial score (nSPS) is 25.6. The molecule has 1 aliphatic rings. The molecule has 3 nitrogen and oxygen atoms in total. The van der Waals surface area contributed by atoms with Crippen LogP contribution in [-0.4, -0.2) is 5.66 Å². The zero-order valence-electron chi connectivity index (χ0n) is 4.76. The van der Waals surface area contributed by atoms with Crippen LogP contribution in [-0.2, 0) is 0 Å². The van der Waals surface area contributed by atoms with Crippen LogP contribution in [0, 0.1) is 4.91 Å². The molecule has 1 fully saturated rings. The summed E-state index contributed by atoms with van der Waals surface area (Å²) in [6.45, 7) is 0. The highest BCUT2D eigenvalue weighted by atomic mass is 16.3. The molecule has 8 heavy (non-hydrogen) atoms. The van der Waals surface area contributed by atoms with Crippen molar-refractivity contribution in [2.45, 2.75) is 31.3 Å². The van der Waals surface area contributed by atoms with Gasteiger partial charge in [0.15, 0.2) is 0 Å². The topological polar surface area (TPSA) is 55.4 Å². The maximum absolute atomic E-state index is 9.95. The lowest BCUT2D eigenvalue weighted by molar-refractivity contribution is 0.458. The van der Waals surface area contributed by atoms with E-state index >= 15 is 0 Å². The summed E-state index contributed by atoms with van der Waals surface area (Å²) in [5.41, 5.74) is 4.78. The summed E-state index contributed by atoms with van der Waals surface area (Å²) in [5, 5.41) is 2.85. The average Bonchev–Trinajstić information content (AvgIpc) is 2.17. The summed E-state index contributed by atoms with van der Waals surface area (Å²) in [6.07, 6.45) is 3.66. The smallest absolute Gasteiger partial charge is 0.150 e. The van der Waals surface area contributed by atoms with Gasteiger partial charge < -0.3 is 5.73 Å². The molecule has 0 heterocycles. The van der Waals surface area contributed by atoms with E-state index in [2.05, 4.69) is 5.18 Å². The Morgan fingerprint density at radius 2 is 1.88 bits per heavy atom. The van der Waals surface area contributed by atoms with Crippen molar-refractivity contribution in [2.75, 3.05) is 0 Å². The summed E-state index contributed by atoms with van der Waals surface area (Å²) in [4.78, 5) is 9.95. The second kappa shape index (κ2) is 1.82. The molecule has 2 N–H and O–H groups in total. The summed E-state index contributed by atoms with van der Waals surface area (Å²) < 4.78 is 0. The van der Waals surface area contributed by atoms with E-state index < -0.39 is 5.66 Å². The Hall–Kier alpha value is -0.440. The van der Waals surface area contributed by atoms with Crippen LogP contribution in [0.1, 0.15) is 25.7 Å². The second-order valence-corrected chi connectivity index (χ2v) is 2.40. The number of hydrogen-bond donors (Lipinski definition) is 1. The number of hydrogen-bond acceptors (Lipinski definition) is 3. The van der Waals surface area contributed by atoms with Crippen molar-refractivity contribution in [3.63, 3.8) is 0 Å². The predicted octanol–water partition coefficient (Wildman–Crippen LogP) is 0.982. The van der Waals surface area contributed by atoms with Crippen LogP contribution >= 0.6 is 0 Å². The van der Waals surface area contributed by atoms with Gasteiger partial charge in [-0.1, -0.05) is 0 Å². The third-order valence-electron chi connectivity index (χ3n) is 1.65. The molecule has 0 spiro atoms. The van der Waals surface area contributed by atoms with Crippen LogP contribution in [0.2, 0.25) is 0 Å². The fraction of sp³-hybridized carbons (Fsp3) is 1.00. The molecule has 0 aromatic carbocycles. The van der Waals surface area contributed by atoms with Gasteiger partial charge in [-0.25, -0.2) is 0 Å². The van der Waals surface area contributed by atoms with E-state index in [0.29, 0.717) is 0 Å². The minimum Gasteiger partial charge on any atom is -0.304 e. The molecular weight excluding hydrogens is 104 g/mol. The lowest BCUT2D eigenvalue weighted by atomic mass is 10.2. The van der Waals surface area contributed by atoms with Gasteiger partial charge in [0.2, 0.25) is 0 Å². The van der Waals surface area contributed by atoms with E-state index in [1.165, 1.54) is 0 Å². The van der Waals surface area contributed by atoms with Gasteiger partial charge in [-0.2, -0.15) is 0 Å². The molecular formula is C5H10N2O. The zero-order valence-corrected chi connectivity index (χ0v) is 4.76. The van der Waals surface area contributed by atoms with Gasteiger partial charge >= 0.3 is 0 Å². The quantitative estimate of drug-likeness (QED) is 0.516. The molecule has 0 aromatic rings. The van der Waals surface area contributed by atoms with Gasteiger partial charge in [-0.05, 0) is 30.9 Å². The van der Waals surface area contributed by atoms with Gasteiger partial charge in [0.05, 0.1) is 0 Å². The molecule has 3 heteroatoms. The standard InChI is InChI=1S/C5H10N2O/c6-5(7-8)3-1-2-4-5/h1-4,6H2. The first-order chi connectivity index (χ1) is 3.77. The maximum Gasteiger partial charge on any atom is 0.150 e. The van der Waals surface area contributed by atoms with E-state index in [1.54, 1.807) is 0 Å². The molecule has 0 radical (unpaired) electrons. The Kier molecular flexibility index (Phi) is 1.29. The first-order valence-electron chi connectivity index (χ1n) is 2.90. The lowest BCUT2D eigenvalue weighted by Gasteiger charge is -2.10. The molecule has 1 saturated carbocycles. The van der Waals surface area contributed by atoms with Crippen LogP contribution < -0.4 is 5.73 Å². The average molecular weight is 114 g/mol. The zero-order chi connectivity index (χ0) is 6.04. The first kappa shape index (κ1) is 5.69. The fourth-order valence-corrected chi connectivity index (χ4v) is 1.08. The summed E-state index contributed by atoms with van der Waals surface area (Å²) in [6, 6.07) is 0. The van der Waals surface area contributed by atoms with Crippen molar-refractivity contribution in [3.8, 4) is 0 Å². The minimum absolute atomic E-state index is 0.694. The van der Waals surface area contributed by atoms with Gasteiger partial charge in [0, 0.05) is 0 Å². The Morgan fingerprint density at radius 3 is 2.12 bits per heavy atom. The van der Waals surface area contributed by atoms with Crippen molar-refractivity contribution in [2.24, 2.45) is 10.9 Å². The molecule has 0 aromatic heterocycles. The van der Waals surface area contributed by atoms with Crippen LogP contribution in [0.25, 0.3) is 0 Å². The Labute approximate surface area is 48.2 Å². The van der Waals surface area contributed by atoms with Crippen molar-refractivity contribution < 1.29 is 0 Å². The number of nitrogens with zero attached hydrogens (tertiary/aromatic N) is 1. The molecule has 0 unspecified atom stereocenters. The molecule has 0 amide bonds. The highest BCUT2D eigenvalue weighted by molar-refractivity contribution is 4.85. The molecule has 0 saturated heterocycles. The predicted molar refractivity (Wildman–Crippen MR) is 31.2 cm³/mol. The maximum atomic E-state index is 9.95. The van der Waals surface area contributed by atoms with Crippen molar-refractivity contribution >= 4 is 0 Å². The van der Waals surface area contributed by atoms with Crippen molar-refractivity contribution in [1.29, 1.82) is 0 Å². The van der Waals surface area contributed by atoms with Crippen LogP contribution in [0.4, 0.5) is 0 Å². The molecule has 46 valence electrons. The van der Waals surface area contributed by atoms with Gasteiger partial charge in [-0.3, -0.25) is 0 Å². The summed E-state index contributed by atoms with van der Waals surface area (Å²) in [7, 11) is 0. The van der Waals surface area contributed by atoms with Crippen LogP contribution in [0.15, 0.2) is 5.18 Å². The third-order valence-corrected chi connectivity index (χ3v) is 1.65. The third kappa shape index (κ3) is 0.865. The van der Waals surface area contributed by atoms with E-state index in [0.717, 1.165) is 25.7 Å². The fourth-order valence-electron chi connectivity index (χ4n) is 1.08.